The zero-order valence-electron chi connectivity index (χ0n) is 27.8. The van der Waals surface area contributed by atoms with Crippen LogP contribution in [0, 0.1) is 0 Å². The Balaban J connectivity index is 1.47. The summed E-state index contributed by atoms with van der Waals surface area (Å²) in [6.07, 6.45) is 1.75. The Morgan fingerprint density at radius 3 is 2.46 bits per heavy atom. The van der Waals surface area contributed by atoms with Gasteiger partial charge in [0, 0.05) is 28.7 Å². The molecule has 11 nitrogen and oxygen atoms in total. The zero-order valence-corrected chi connectivity index (χ0v) is 30.3. The second kappa shape index (κ2) is 15.9. The highest BCUT2D eigenvalue weighted by Crippen LogP contribution is 2.40. The number of nitrogens with zero attached hydrogens (tertiary/aromatic N) is 3. The highest BCUT2D eigenvalue weighted by molar-refractivity contribution is 9.10. The van der Waals surface area contributed by atoms with Crippen molar-refractivity contribution in [1.82, 2.24) is 9.47 Å². The minimum Gasteiger partial charge on any atom is -0.496 e. The van der Waals surface area contributed by atoms with Crippen molar-refractivity contribution in [2.24, 2.45) is 4.99 Å². The highest BCUT2D eigenvalue weighted by Gasteiger charge is 2.37. The van der Waals surface area contributed by atoms with Crippen molar-refractivity contribution in [3.8, 4) is 17.2 Å². The number of methoxy groups -OCH3 is 1. The molecular formula is C37H36BrN3O8S. The number of halogens is 1. The van der Waals surface area contributed by atoms with Crippen molar-refractivity contribution < 1.29 is 33.3 Å². The Hall–Kier alpha value is -4.72. The summed E-state index contributed by atoms with van der Waals surface area (Å²) in [5.74, 6) is 0.639. The van der Waals surface area contributed by atoms with Crippen LogP contribution in [-0.2, 0) is 19.1 Å². The maximum atomic E-state index is 14.4. The average molecular weight is 763 g/mol. The summed E-state index contributed by atoms with van der Waals surface area (Å²) in [7, 11) is 1.55. The van der Waals surface area contributed by atoms with E-state index in [1.54, 1.807) is 49.3 Å². The number of aromatic nitrogens is 1. The van der Waals surface area contributed by atoms with Crippen LogP contribution in [-0.4, -0.2) is 74.6 Å². The predicted octanol–water partition coefficient (Wildman–Crippen LogP) is 4.34. The first-order valence-electron chi connectivity index (χ1n) is 16.2. The summed E-state index contributed by atoms with van der Waals surface area (Å²) in [5.41, 5.74) is 2.26. The molecule has 0 N–H and O–H groups in total. The molecule has 2 aliphatic rings. The van der Waals surface area contributed by atoms with E-state index in [1.807, 2.05) is 49.4 Å². The molecular weight excluding hydrogens is 726 g/mol. The number of fused-ring (bicyclic) bond motifs is 1. The van der Waals surface area contributed by atoms with E-state index in [1.165, 1.54) is 15.9 Å². The number of rotatable bonds is 11. The maximum Gasteiger partial charge on any atom is 0.338 e. The van der Waals surface area contributed by atoms with Gasteiger partial charge in [-0.1, -0.05) is 63.7 Å². The number of thiazole rings is 1. The van der Waals surface area contributed by atoms with Crippen molar-refractivity contribution in [1.29, 1.82) is 0 Å². The SMILES string of the molecule is CCOC(=O)C1=C(c2ccccc2)N=c2s/c(=C\c3ccc(OCC(=O)N4CCOCC4)c(OCC)c3)c(=O)n2[C@@H]1c1cc(Br)ccc1OC. The van der Waals surface area contributed by atoms with Gasteiger partial charge in [0.05, 0.1) is 49.3 Å². The molecule has 6 rings (SSSR count). The van der Waals surface area contributed by atoms with Crippen LogP contribution in [0.5, 0.6) is 17.2 Å². The van der Waals surface area contributed by atoms with Crippen molar-refractivity contribution in [3.63, 3.8) is 0 Å². The van der Waals surface area contributed by atoms with E-state index >= 15 is 0 Å². The van der Waals surface area contributed by atoms with Crippen LogP contribution in [0.2, 0.25) is 0 Å². The Labute approximate surface area is 301 Å². The molecule has 0 bridgehead atoms. The lowest BCUT2D eigenvalue weighted by molar-refractivity contribution is -0.139. The summed E-state index contributed by atoms with van der Waals surface area (Å²) >= 11 is 4.77. The van der Waals surface area contributed by atoms with Crippen LogP contribution >= 0.6 is 27.3 Å². The summed E-state index contributed by atoms with van der Waals surface area (Å²) in [6, 6.07) is 19.2. The molecule has 1 saturated heterocycles. The van der Waals surface area contributed by atoms with E-state index in [0.717, 1.165) is 4.47 Å². The van der Waals surface area contributed by atoms with Crippen molar-refractivity contribution in [2.75, 3.05) is 53.2 Å². The van der Waals surface area contributed by atoms with Crippen LogP contribution in [0.25, 0.3) is 11.8 Å². The normalized spacial score (nSPS) is 16.0. The quantitative estimate of drug-likeness (QED) is 0.207. The van der Waals surface area contributed by atoms with Gasteiger partial charge in [-0.05, 0) is 55.8 Å². The third kappa shape index (κ3) is 7.40. The summed E-state index contributed by atoms with van der Waals surface area (Å²) in [6.45, 7) is 6.03. The van der Waals surface area contributed by atoms with E-state index < -0.39 is 12.0 Å². The van der Waals surface area contributed by atoms with Crippen molar-refractivity contribution in [2.45, 2.75) is 19.9 Å². The van der Waals surface area contributed by atoms with Crippen molar-refractivity contribution >= 4 is 50.9 Å². The largest absolute Gasteiger partial charge is 0.496 e. The lowest BCUT2D eigenvalue weighted by atomic mass is 9.92. The van der Waals surface area contributed by atoms with Gasteiger partial charge in [0.25, 0.3) is 11.5 Å². The molecule has 2 aliphatic heterocycles. The Bertz CT molecular complexity index is 2100. The fourth-order valence-corrected chi connectivity index (χ4v) is 7.23. The first kappa shape index (κ1) is 35.1. The lowest BCUT2D eigenvalue weighted by Crippen LogP contribution is -2.43. The molecule has 0 unspecified atom stereocenters. The number of esters is 1. The molecule has 1 fully saturated rings. The summed E-state index contributed by atoms with van der Waals surface area (Å²) in [4.78, 5) is 48.0. The fraction of sp³-hybridized carbons (Fsp3) is 0.297. The Morgan fingerprint density at radius 2 is 1.74 bits per heavy atom. The number of morpholine rings is 1. The molecule has 3 heterocycles. The predicted molar refractivity (Wildman–Crippen MR) is 192 cm³/mol. The van der Waals surface area contributed by atoms with Gasteiger partial charge in [-0.3, -0.25) is 14.2 Å². The molecule has 13 heteroatoms. The molecule has 1 atom stereocenters. The van der Waals surface area contributed by atoms with Crippen LogP contribution in [0.15, 0.2) is 86.6 Å². The molecule has 4 aromatic rings. The molecule has 260 valence electrons. The fourth-order valence-electron chi connectivity index (χ4n) is 5.85. The number of amides is 1. The summed E-state index contributed by atoms with van der Waals surface area (Å²) < 4.78 is 31.1. The zero-order chi connectivity index (χ0) is 35.2. The molecule has 1 amide bonds. The van der Waals surface area contributed by atoms with Gasteiger partial charge in [0.15, 0.2) is 22.9 Å². The average Bonchev–Trinajstić information content (AvgIpc) is 3.45. The number of benzene rings is 3. The van der Waals surface area contributed by atoms with Crippen LogP contribution in [0.4, 0.5) is 0 Å². The third-order valence-electron chi connectivity index (χ3n) is 8.14. The van der Waals surface area contributed by atoms with E-state index in [-0.39, 0.29) is 30.3 Å². The summed E-state index contributed by atoms with van der Waals surface area (Å²) in [5, 5.41) is 0. The van der Waals surface area contributed by atoms with Gasteiger partial charge in [0.1, 0.15) is 11.8 Å². The molecule has 0 spiro atoms. The molecule has 1 aromatic heterocycles. The monoisotopic (exact) mass is 761 g/mol. The van der Waals surface area contributed by atoms with Crippen LogP contribution in [0.3, 0.4) is 0 Å². The van der Waals surface area contributed by atoms with Gasteiger partial charge < -0.3 is 28.6 Å². The standard InChI is InChI=1S/C37H36BrN3O8S/c1-4-47-29-19-23(11-13-28(29)49-22-31(42)40-15-17-46-18-16-40)20-30-35(43)41-34(26-21-25(38)12-14-27(26)45-3)32(36(44)48-5-2)33(39-37(41)50-30)24-9-7-6-8-10-24/h6-14,19-21,34H,4-5,15-18,22H2,1-3H3/b30-20-/t34-/m1/s1. The maximum absolute atomic E-state index is 14.4. The molecule has 3 aromatic carbocycles. The van der Waals surface area contributed by atoms with Gasteiger partial charge in [-0.15, -0.1) is 0 Å². The number of carbonyl (C=O) groups is 2. The molecule has 0 aliphatic carbocycles. The Kier molecular flexibility index (Phi) is 11.2. The lowest BCUT2D eigenvalue weighted by Gasteiger charge is -2.27. The second-order valence-electron chi connectivity index (χ2n) is 11.2. The second-order valence-corrected chi connectivity index (χ2v) is 13.2. The number of carbonyl (C=O) groups excluding carboxylic acids is 2. The van der Waals surface area contributed by atoms with E-state index in [4.69, 9.17) is 28.7 Å². The first-order chi connectivity index (χ1) is 24.3. The van der Waals surface area contributed by atoms with Gasteiger partial charge >= 0.3 is 5.97 Å². The number of hydrogen-bond acceptors (Lipinski definition) is 10. The van der Waals surface area contributed by atoms with E-state index in [0.29, 0.717) is 81.9 Å². The van der Waals surface area contributed by atoms with Crippen molar-refractivity contribution in [3.05, 3.63) is 113 Å². The number of hydrogen-bond donors (Lipinski definition) is 0. The van der Waals surface area contributed by atoms with Crippen LogP contribution in [0.1, 0.15) is 36.6 Å². The van der Waals surface area contributed by atoms with Gasteiger partial charge in [-0.2, -0.15) is 0 Å². The Morgan fingerprint density at radius 1 is 0.980 bits per heavy atom. The molecule has 0 saturated carbocycles. The third-order valence-corrected chi connectivity index (χ3v) is 9.62. The minimum atomic E-state index is -0.908. The number of ether oxygens (including phenoxy) is 5. The molecule has 0 radical (unpaired) electrons. The minimum absolute atomic E-state index is 0.130. The van der Waals surface area contributed by atoms with Gasteiger partial charge in [0.2, 0.25) is 0 Å². The van der Waals surface area contributed by atoms with E-state index in [2.05, 4.69) is 15.9 Å². The first-order valence-corrected chi connectivity index (χ1v) is 17.8. The highest BCUT2D eigenvalue weighted by atomic mass is 79.9. The smallest absolute Gasteiger partial charge is 0.338 e. The van der Waals surface area contributed by atoms with E-state index in [9.17, 15) is 14.4 Å². The van der Waals surface area contributed by atoms with Crippen LogP contribution < -0.4 is 29.1 Å². The molecule has 50 heavy (non-hydrogen) atoms. The van der Waals surface area contributed by atoms with Gasteiger partial charge in [-0.25, -0.2) is 9.79 Å². The topological polar surface area (TPSA) is 118 Å².